The number of morpholine rings is 1. The second kappa shape index (κ2) is 7.40. The van der Waals surface area contributed by atoms with Gasteiger partial charge in [-0.2, -0.15) is 0 Å². The molecule has 8 nitrogen and oxygen atoms in total. The molecule has 2 aliphatic carbocycles. The van der Waals surface area contributed by atoms with Crippen LogP contribution in [-0.4, -0.2) is 63.6 Å². The third-order valence-corrected chi connectivity index (χ3v) is 11.2. The lowest BCUT2D eigenvalue weighted by Gasteiger charge is -2.48. The first kappa shape index (κ1) is 21.9. The largest absolute Gasteiger partial charge is 0.379 e. The van der Waals surface area contributed by atoms with Crippen LogP contribution in [0.1, 0.15) is 32.6 Å². The third kappa shape index (κ3) is 3.44. The number of rotatable bonds is 8. The van der Waals surface area contributed by atoms with E-state index >= 15 is 0 Å². The highest BCUT2D eigenvalue weighted by Crippen LogP contribution is 2.59. The van der Waals surface area contributed by atoms with Crippen molar-refractivity contribution in [2.24, 2.45) is 11.1 Å². The molecular weight excluding hydrogens is 433 g/mol. The summed E-state index contributed by atoms with van der Waals surface area (Å²) < 4.78 is 71.7. The summed E-state index contributed by atoms with van der Waals surface area (Å²) in [5.74, 6) is -0.673. The smallest absolute Gasteiger partial charge is 0.240 e. The Morgan fingerprint density at radius 3 is 2.30 bits per heavy atom. The Hall–Kier alpha value is -1.27. The van der Waals surface area contributed by atoms with Gasteiger partial charge in [0.2, 0.25) is 20.0 Å². The number of primary sulfonamides is 1. The van der Waals surface area contributed by atoms with Gasteiger partial charge in [0.15, 0.2) is 0 Å². The monoisotopic (exact) mass is 461 g/mol. The van der Waals surface area contributed by atoms with E-state index in [-0.39, 0.29) is 24.4 Å². The summed E-state index contributed by atoms with van der Waals surface area (Å²) in [6.45, 7) is 3.41. The Labute approximate surface area is 177 Å². The molecule has 1 aromatic rings. The van der Waals surface area contributed by atoms with E-state index in [1.165, 1.54) is 25.1 Å². The SMILES string of the molecule is CC(C(C1CC1)N1CCOCC1)(C1(S(=O)(=O)Nc2ccccc2F)CC1)S(N)(=O)=O. The maximum Gasteiger partial charge on any atom is 0.240 e. The highest BCUT2D eigenvalue weighted by atomic mass is 32.2. The number of benzene rings is 1. The van der Waals surface area contributed by atoms with Gasteiger partial charge in [-0.15, -0.1) is 0 Å². The lowest BCUT2D eigenvalue weighted by Crippen LogP contribution is -2.68. The fourth-order valence-electron chi connectivity index (χ4n) is 4.99. The Bertz CT molecular complexity index is 1020. The van der Waals surface area contributed by atoms with E-state index in [1.54, 1.807) is 0 Å². The number of nitrogens with one attached hydrogen (secondary N) is 1. The minimum atomic E-state index is -4.29. The molecule has 0 bridgehead atoms. The molecule has 3 aliphatic rings. The van der Waals surface area contributed by atoms with Crippen LogP contribution in [0.3, 0.4) is 0 Å². The third-order valence-electron chi connectivity index (χ3n) is 6.90. The van der Waals surface area contributed by atoms with E-state index in [0.29, 0.717) is 26.3 Å². The van der Waals surface area contributed by atoms with Gasteiger partial charge in [0.1, 0.15) is 15.3 Å². The number of hydrogen-bond donors (Lipinski definition) is 2. The Morgan fingerprint density at radius 1 is 1.20 bits per heavy atom. The first-order valence-electron chi connectivity index (χ1n) is 10.1. The second-order valence-electron chi connectivity index (χ2n) is 8.66. The predicted octanol–water partition coefficient (Wildman–Crippen LogP) is 1.26. The van der Waals surface area contributed by atoms with Gasteiger partial charge >= 0.3 is 0 Å². The van der Waals surface area contributed by atoms with Crippen LogP contribution in [0.4, 0.5) is 10.1 Å². The molecule has 0 spiro atoms. The standard InChI is InChI=1S/C19H28FN3O5S2/c1-18(29(21,24)25,17(14-6-7-14)23-10-12-28-13-11-23)19(8-9-19)30(26,27)22-16-5-3-2-4-15(16)20/h2-5,14,17,22H,6-13H2,1H3,(H2,21,24,25). The van der Waals surface area contributed by atoms with Crippen molar-refractivity contribution >= 4 is 25.7 Å². The van der Waals surface area contributed by atoms with Crippen molar-refractivity contribution in [3.8, 4) is 0 Å². The van der Waals surface area contributed by atoms with Crippen LogP contribution in [0.15, 0.2) is 24.3 Å². The van der Waals surface area contributed by atoms with Gasteiger partial charge in [-0.1, -0.05) is 12.1 Å². The van der Waals surface area contributed by atoms with Crippen molar-refractivity contribution in [3.63, 3.8) is 0 Å². The number of para-hydroxylation sites is 1. The molecule has 30 heavy (non-hydrogen) atoms. The zero-order chi connectivity index (χ0) is 21.8. The summed E-state index contributed by atoms with van der Waals surface area (Å²) in [4.78, 5) is 2.02. The predicted molar refractivity (Wildman–Crippen MR) is 111 cm³/mol. The van der Waals surface area contributed by atoms with Crippen LogP contribution in [-0.2, 0) is 24.8 Å². The fourth-order valence-corrected chi connectivity index (χ4v) is 9.02. The number of anilines is 1. The van der Waals surface area contributed by atoms with E-state index in [4.69, 9.17) is 9.88 Å². The van der Waals surface area contributed by atoms with Crippen LogP contribution in [0.25, 0.3) is 0 Å². The molecule has 1 aliphatic heterocycles. The Morgan fingerprint density at radius 2 is 1.80 bits per heavy atom. The van der Waals surface area contributed by atoms with Crippen molar-refractivity contribution in [1.82, 2.24) is 4.90 Å². The summed E-state index contributed by atoms with van der Waals surface area (Å²) in [6.07, 6.45) is 1.95. The van der Waals surface area contributed by atoms with Gasteiger partial charge in [-0.25, -0.2) is 26.4 Å². The molecule has 2 atom stereocenters. The number of nitrogens with two attached hydrogens (primary N) is 1. The van der Waals surface area contributed by atoms with Crippen molar-refractivity contribution in [1.29, 1.82) is 0 Å². The number of ether oxygens (including phenoxy) is 1. The minimum Gasteiger partial charge on any atom is -0.379 e. The number of nitrogens with zero attached hydrogens (tertiary/aromatic N) is 1. The summed E-state index contributed by atoms with van der Waals surface area (Å²) in [5.41, 5.74) is -0.199. The minimum absolute atomic E-state index is 0.0487. The van der Waals surface area contributed by atoms with E-state index < -0.39 is 41.4 Å². The maximum absolute atomic E-state index is 14.2. The Balaban J connectivity index is 1.79. The van der Waals surface area contributed by atoms with E-state index in [1.807, 2.05) is 4.90 Å². The van der Waals surface area contributed by atoms with Crippen LogP contribution in [0.5, 0.6) is 0 Å². The molecule has 2 unspecified atom stereocenters. The maximum atomic E-state index is 14.2. The zero-order valence-corrected chi connectivity index (χ0v) is 18.5. The first-order chi connectivity index (χ1) is 14.0. The average Bonchev–Trinajstić information content (AvgIpc) is 3.57. The van der Waals surface area contributed by atoms with Gasteiger partial charge in [-0.3, -0.25) is 9.62 Å². The number of hydrogen-bond acceptors (Lipinski definition) is 6. The molecule has 168 valence electrons. The summed E-state index contributed by atoms with van der Waals surface area (Å²) >= 11 is 0. The van der Waals surface area contributed by atoms with Crippen molar-refractivity contribution in [3.05, 3.63) is 30.1 Å². The topological polar surface area (TPSA) is 119 Å². The van der Waals surface area contributed by atoms with Gasteiger partial charge in [0.05, 0.1) is 18.9 Å². The Kier molecular flexibility index (Phi) is 5.42. The normalized spacial score (nSPS) is 25.3. The van der Waals surface area contributed by atoms with E-state index in [0.717, 1.165) is 18.9 Å². The highest BCUT2D eigenvalue weighted by Gasteiger charge is 2.74. The van der Waals surface area contributed by atoms with Crippen LogP contribution < -0.4 is 9.86 Å². The molecular formula is C19H28FN3O5S2. The first-order valence-corrected chi connectivity index (χ1v) is 13.2. The van der Waals surface area contributed by atoms with Crippen LogP contribution in [0.2, 0.25) is 0 Å². The average molecular weight is 462 g/mol. The molecule has 1 heterocycles. The summed E-state index contributed by atoms with van der Waals surface area (Å²) in [5, 5.41) is 5.78. The molecule has 11 heteroatoms. The van der Waals surface area contributed by atoms with Crippen LogP contribution >= 0.6 is 0 Å². The van der Waals surface area contributed by atoms with Gasteiger partial charge < -0.3 is 4.74 Å². The van der Waals surface area contributed by atoms with Crippen molar-refractivity contribution in [2.45, 2.75) is 48.1 Å². The van der Waals surface area contributed by atoms with Gasteiger partial charge in [0.25, 0.3) is 0 Å². The fraction of sp³-hybridized carbons (Fsp3) is 0.684. The molecule has 3 N–H and O–H groups in total. The molecule has 1 aromatic carbocycles. The van der Waals surface area contributed by atoms with Crippen molar-refractivity contribution in [2.75, 3.05) is 31.0 Å². The number of sulfonamides is 2. The molecule has 0 radical (unpaired) electrons. The second-order valence-corrected chi connectivity index (χ2v) is 12.6. The molecule has 2 saturated carbocycles. The summed E-state index contributed by atoms with van der Waals surface area (Å²) in [6, 6.07) is 4.89. The molecule has 4 rings (SSSR count). The molecule has 1 saturated heterocycles. The summed E-state index contributed by atoms with van der Waals surface area (Å²) in [7, 11) is -8.56. The van der Waals surface area contributed by atoms with Gasteiger partial charge in [-0.05, 0) is 50.7 Å². The molecule has 3 fully saturated rings. The molecule has 0 aromatic heterocycles. The lowest BCUT2D eigenvalue weighted by molar-refractivity contribution is 0.00105. The highest BCUT2D eigenvalue weighted by molar-refractivity contribution is 7.97. The van der Waals surface area contributed by atoms with Crippen LogP contribution in [0, 0.1) is 11.7 Å². The lowest BCUT2D eigenvalue weighted by atomic mass is 9.89. The van der Waals surface area contributed by atoms with Gasteiger partial charge in [0, 0.05) is 19.1 Å². The van der Waals surface area contributed by atoms with E-state index in [9.17, 15) is 21.2 Å². The van der Waals surface area contributed by atoms with E-state index in [2.05, 4.69) is 4.72 Å². The van der Waals surface area contributed by atoms with Crippen molar-refractivity contribution < 1.29 is 26.0 Å². The number of halogens is 1. The zero-order valence-electron chi connectivity index (χ0n) is 16.9. The quantitative estimate of drug-likeness (QED) is 0.602. The molecule has 0 amide bonds.